The van der Waals surface area contributed by atoms with E-state index in [0.717, 1.165) is 29.9 Å². The van der Waals surface area contributed by atoms with Gasteiger partial charge in [0.15, 0.2) is 0 Å². The first-order valence-corrected chi connectivity index (χ1v) is 12.6. The Balaban J connectivity index is 2.11. The summed E-state index contributed by atoms with van der Waals surface area (Å²) in [6.45, 7) is 9.16. The van der Waals surface area contributed by atoms with E-state index < -0.39 is 10.0 Å². The fourth-order valence-corrected chi connectivity index (χ4v) is 4.63. The van der Waals surface area contributed by atoms with Gasteiger partial charge in [-0.2, -0.15) is 10.5 Å². The molecule has 0 saturated carbocycles. The minimum Gasteiger partial charge on any atom is -0.372 e. The number of hydrogen-bond acceptors (Lipinski definition) is 7. The third-order valence-electron chi connectivity index (χ3n) is 5.44. The molecule has 0 saturated heterocycles. The van der Waals surface area contributed by atoms with Gasteiger partial charge in [0.2, 0.25) is 0 Å². The van der Waals surface area contributed by atoms with E-state index in [1.54, 1.807) is 43.3 Å². The van der Waals surface area contributed by atoms with Gasteiger partial charge in [0.25, 0.3) is 10.0 Å². The van der Waals surface area contributed by atoms with Gasteiger partial charge in [0.05, 0.1) is 21.7 Å². The predicted molar refractivity (Wildman–Crippen MR) is 137 cm³/mol. The Kier molecular flexibility index (Phi) is 7.85. The molecule has 0 radical (unpaired) electrons. The maximum Gasteiger partial charge on any atom is 0.261 e. The molecule has 178 valence electrons. The summed E-state index contributed by atoms with van der Waals surface area (Å²) >= 11 is 0. The van der Waals surface area contributed by atoms with Crippen molar-refractivity contribution in [1.29, 1.82) is 10.5 Å². The van der Waals surface area contributed by atoms with Crippen LogP contribution in [-0.4, -0.2) is 21.5 Å². The second-order valence-electron chi connectivity index (χ2n) is 7.92. The number of rotatable bonds is 8. The molecule has 0 aliphatic heterocycles. The van der Waals surface area contributed by atoms with Crippen LogP contribution in [0.25, 0.3) is 0 Å². The molecular weight excluding hydrogens is 460 g/mol. The van der Waals surface area contributed by atoms with Gasteiger partial charge in [-0.15, -0.1) is 10.2 Å². The third-order valence-corrected chi connectivity index (χ3v) is 6.82. The Hall–Kier alpha value is -4.21. The quantitative estimate of drug-likeness (QED) is 0.385. The van der Waals surface area contributed by atoms with Crippen molar-refractivity contribution in [2.75, 3.05) is 22.7 Å². The number of benzene rings is 3. The molecule has 0 fully saturated rings. The van der Waals surface area contributed by atoms with Crippen molar-refractivity contribution in [2.24, 2.45) is 10.2 Å². The molecule has 0 heterocycles. The smallest absolute Gasteiger partial charge is 0.261 e. The molecule has 3 aromatic carbocycles. The lowest BCUT2D eigenvalue weighted by atomic mass is 10.1. The molecule has 0 aromatic heterocycles. The molecule has 0 bridgehead atoms. The lowest BCUT2D eigenvalue weighted by Gasteiger charge is -2.22. The Bertz CT molecular complexity index is 1410. The Morgan fingerprint density at radius 3 is 2.00 bits per heavy atom. The average Bonchev–Trinajstić information content (AvgIpc) is 2.84. The van der Waals surface area contributed by atoms with E-state index >= 15 is 0 Å². The molecule has 35 heavy (non-hydrogen) atoms. The summed E-state index contributed by atoms with van der Waals surface area (Å²) in [6.07, 6.45) is 0. The van der Waals surface area contributed by atoms with E-state index in [2.05, 4.69) is 19.9 Å². The lowest BCUT2D eigenvalue weighted by Crippen LogP contribution is -2.22. The monoisotopic (exact) mass is 486 g/mol. The molecule has 0 amide bonds. The first kappa shape index (κ1) is 25.4. The number of anilines is 2. The van der Waals surface area contributed by atoms with E-state index in [1.165, 1.54) is 12.1 Å². The van der Waals surface area contributed by atoms with Gasteiger partial charge >= 0.3 is 0 Å². The van der Waals surface area contributed by atoms with Crippen molar-refractivity contribution in [3.8, 4) is 12.1 Å². The molecule has 0 aliphatic rings. The Labute approximate surface area is 206 Å². The highest BCUT2D eigenvalue weighted by Crippen LogP contribution is 2.34. The summed E-state index contributed by atoms with van der Waals surface area (Å²) in [5, 5.41) is 27.4. The summed E-state index contributed by atoms with van der Waals surface area (Å²) in [6, 6.07) is 19.1. The zero-order valence-electron chi connectivity index (χ0n) is 20.1. The van der Waals surface area contributed by atoms with Crippen LogP contribution in [0, 0.1) is 36.5 Å². The van der Waals surface area contributed by atoms with Crippen LogP contribution in [0.4, 0.5) is 22.7 Å². The van der Waals surface area contributed by atoms with Gasteiger partial charge in [-0.25, -0.2) is 8.42 Å². The van der Waals surface area contributed by atoms with Crippen molar-refractivity contribution >= 4 is 32.8 Å². The van der Waals surface area contributed by atoms with Gasteiger partial charge in [-0.3, -0.25) is 4.72 Å². The number of aryl methyl sites for hydroxylation is 2. The van der Waals surface area contributed by atoms with Crippen LogP contribution >= 0.6 is 0 Å². The topological polar surface area (TPSA) is 122 Å². The van der Waals surface area contributed by atoms with Crippen molar-refractivity contribution in [3.05, 3.63) is 76.9 Å². The van der Waals surface area contributed by atoms with Crippen LogP contribution in [0.15, 0.2) is 69.7 Å². The Morgan fingerprint density at radius 1 is 0.857 bits per heavy atom. The normalized spacial score (nSPS) is 11.1. The largest absolute Gasteiger partial charge is 0.372 e. The molecule has 0 atom stereocenters. The standard InChI is InChI=1S/C26H26N6O2S/c1-5-32(6-2)22-9-12-24(29-30-26-20(16-27)13-19(4)14-21(26)17-28)25(15-22)31-35(33,34)23-10-7-18(3)8-11-23/h7-15,31H,5-6H2,1-4H3/b30-29+. The molecule has 1 N–H and O–H groups in total. The van der Waals surface area contributed by atoms with Gasteiger partial charge in [-0.1, -0.05) is 17.7 Å². The molecule has 9 heteroatoms. The number of sulfonamides is 1. The zero-order valence-corrected chi connectivity index (χ0v) is 20.9. The number of nitriles is 2. The SMILES string of the molecule is CCN(CC)c1ccc(/N=N/c2c(C#N)cc(C)cc2C#N)c(NS(=O)(=O)c2ccc(C)cc2)c1. The van der Waals surface area contributed by atoms with Crippen LogP contribution in [0.5, 0.6) is 0 Å². The molecule has 0 aliphatic carbocycles. The van der Waals surface area contributed by atoms with Crippen molar-refractivity contribution < 1.29 is 8.42 Å². The van der Waals surface area contributed by atoms with Crippen LogP contribution in [0.2, 0.25) is 0 Å². The van der Waals surface area contributed by atoms with Gasteiger partial charge in [-0.05, 0) is 75.7 Å². The second-order valence-corrected chi connectivity index (χ2v) is 9.61. The molecule has 8 nitrogen and oxygen atoms in total. The lowest BCUT2D eigenvalue weighted by molar-refractivity contribution is 0.601. The fraction of sp³-hybridized carbons (Fsp3) is 0.231. The summed E-state index contributed by atoms with van der Waals surface area (Å²) in [5.41, 5.74) is 3.59. The summed E-state index contributed by atoms with van der Waals surface area (Å²) in [4.78, 5) is 2.20. The number of azo groups is 1. The van der Waals surface area contributed by atoms with Gasteiger partial charge in [0.1, 0.15) is 23.5 Å². The molecule has 0 unspecified atom stereocenters. The van der Waals surface area contributed by atoms with E-state index in [0.29, 0.717) is 0 Å². The number of nitrogens with one attached hydrogen (secondary N) is 1. The zero-order chi connectivity index (χ0) is 25.6. The van der Waals surface area contributed by atoms with Crippen molar-refractivity contribution in [2.45, 2.75) is 32.6 Å². The first-order valence-electron chi connectivity index (χ1n) is 11.1. The fourth-order valence-electron chi connectivity index (χ4n) is 3.56. The predicted octanol–water partition coefficient (Wildman–Crippen LogP) is 6.11. The second kappa shape index (κ2) is 10.8. The highest BCUT2D eigenvalue weighted by Gasteiger charge is 2.18. The summed E-state index contributed by atoms with van der Waals surface area (Å²) in [7, 11) is -3.90. The highest BCUT2D eigenvalue weighted by atomic mass is 32.2. The van der Waals surface area contributed by atoms with Crippen molar-refractivity contribution in [1.82, 2.24) is 0 Å². The van der Waals surface area contributed by atoms with Crippen LogP contribution in [-0.2, 0) is 10.0 Å². The summed E-state index contributed by atoms with van der Waals surface area (Å²) in [5.74, 6) is 0. The third kappa shape index (κ3) is 5.84. The maximum atomic E-state index is 13.1. The number of hydrogen-bond donors (Lipinski definition) is 1. The van der Waals surface area contributed by atoms with Crippen molar-refractivity contribution in [3.63, 3.8) is 0 Å². The minimum atomic E-state index is -3.90. The van der Waals surface area contributed by atoms with Crippen LogP contribution in [0.3, 0.4) is 0 Å². The van der Waals surface area contributed by atoms with Crippen LogP contribution < -0.4 is 9.62 Å². The first-order chi connectivity index (χ1) is 16.7. The van der Waals surface area contributed by atoms with Gasteiger partial charge < -0.3 is 4.90 Å². The minimum absolute atomic E-state index is 0.122. The summed E-state index contributed by atoms with van der Waals surface area (Å²) < 4.78 is 28.9. The van der Waals surface area contributed by atoms with E-state index in [-0.39, 0.29) is 33.1 Å². The Morgan fingerprint density at radius 2 is 1.46 bits per heavy atom. The van der Waals surface area contributed by atoms with E-state index in [4.69, 9.17) is 0 Å². The van der Waals surface area contributed by atoms with E-state index in [1.807, 2.05) is 39.0 Å². The molecule has 3 aromatic rings. The highest BCUT2D eigenvalue weighted by molar-refractivity contribution is 7.92. The molecular formula is C26H26N6O2S. The van der Waals surface area contributed by atoms with E-state index in [9.17, 15) is 18.9 Å². The van der Waals surface area contributed by atoms with Crippen LogP contribution in [0.1, 0.15) is 36.1 Å². The molecule has 0 spiro atoms. The van der Waals surface area contributed by atoms with Gasteiger partial charge in [0, 0.05) is 18.8 Å². The maximum absolute atomic E-state index is 13.1. The molecule has 3 rings (SSSR count). The number of nitrogens with zero attached hydrogens (tertiary/aromatic N) is 5. The average molecular weight is 487 g/mol.